The van der Waals surface area contributed by atoms with Gasteiger partial charge in [0.15, 0.2) is 0 Å². The van der Waals surface area contributed by atoms with Crippen molar-refractivity contribution in [3.05, 3.63) is 48.6 Å². The summed E-state index contributed by atoms with van der Waals surface area (Å²) in [5, 5.41) is 17.9. The second-order valence-corrected chi connectivity index (χ2v) is 17.4. The molecule has 1 aromatic carbocycles. The van der Waals surface area contributed by atoms with E-state index in [0.29, 0.717) is 103 Å². The molecule has 0 atom stereocenters. The molecule has 328 valence electrons. The Balaban J connectivity index is 1.20. The molecule has 0 amide bonds. The highest BCUT2D eigenvalue weighted by molar-refractivity contribution is 6.18. The third-order valence-corrected chi connectivity index (χ3v) is 13.3. The minimum absolute atomic E-state index is 0.162. The van der Waals surface area contributed by atoms with Crippen molar-refractivity contribution in [3.8, 4) is 17.0 Å². The molecule has 1 aliphatic carbocycles. The third kappa shape index (κ3) is 9.65. The van der Waals surface area contributed by atoms with Crippen molar-refractivity contribution in [1.29, 1.82) is 0 Å². The molecule has 8 rings (SSSR count). The standard InChI is InChI=1S/C44H66N10O6/c1-47-15-19-49(20-16-47)9-3-7-45-35-31-33-38-37-34(42(56)53(43(57)39(35)37)13-5-11-51-23-27-59-28-24-51)32-36(46-8-4-10-50-21-17-48(2)18-22-50)40(38)44(58)54(41(33)55)14-6-12-52-25-29-60-30-26-52/h31-32,45,58H,3-30H2,1-2H3. The van der Waals surface area contributed by atoms with E-state index in [1.54, 1.807) is 12.1 Å². The fraction of sp³-hybridized carbons (Fsp3) is 0.682. The Hall–Kier alpha value is -3.74. The largest absolute Gasteiger partial charge is 0.494 e. The van der Waals surface area contributed by atoms with Gasteiger partial charge >= 0.3 is 0 Å². The summed E-state index contributed by atoms with van der Waals surface area (Å²) in [6.07, 6.45) is 2.97. The zero-order valence-electron chi connectivity index (χ0n) is 36.0. The van der Waals surface area contributed by atoms with E-state index in [9.17, 15) is 19.5 Å². The fourth-order valence-electron chi connectivity index (χ4n) is 9.55. The van der Waals surface area contributed by atoms with Crippen molar-refractivity contribution in [2.45, 2.75) is 38.8 Å². The lowest BCUT2D eigenvalue weighted by Crippen LogP contribution is -2.44. The number of morpholine rings is 2. The number of aromatic hydroxyl groups is 1. The van der Waals surface area contributed by atoms with Crippen LogP contribution < -0.4 is 27.4 Å². The summed E-state index contributed by atoms with van der Waals surface area (Å²) in [5.74, 6) is -0.162. The summed E-state index contributed by atoms with van der Waals surface area (Å²) in [4.78, 5) is 63.4. The minimum Gasteiger partial charge on any atom is -0.494 e. The van der Waals surface area contributed by atoms with Crippen LogP contribution in [0, 0.1) is 0 Å². The average molecular weight is 831 g/mol. The molecular formula is C44H66N10O6. The molecule has 0 bridgehead atoms. The average Bonchev–Trinajstić information content (AvgIpc) is 3.26. The molecule has 0 unspecified atom stereocenters. The molecule has 0 radical (unpaired) electrons. The molecular weight excluding hydrogens is 765 g/mol. The molecule has 2 aromatic rings. The van der Waals surface area contributed by atoms with Crippen LogP contribution >= 0.6 is 0 Å². The van der Waals surface area contributed by atoms with Gasteiger partial charge in [0.05, 0.1) is 53.5 Å². The quantitative estimate of drug-likeness (QED) is 0.112. The number of nitrogens with one attached hydrogen (secondary N) is 1. The van der Waals surface area contributed by atoms with Crippen LogP contribution in [0.15, 0.2) is 31.5 Å². The van der Waals surface area contributed by atoms with Gasteiger partial charge in [0, 0.05) is 134 Å². The Morgan fingerprint density at radius 2 is 1.12 bits per heavy atom. The second kappa shape index (κ2) is 20.0. The van der Waals surface area contributed by atoms with E-state index in [1.165, 1.54) is 9.13 Å². The summed E-state index contributed by atoms with van der Waals surface area (Å²) in [5.41, 5.74) is 0.265. The number of rotatable bonds is 17. The Kier molecular flexibility index (Phi) is 14.3. The first-order valence-electron chi connectivity index (χ1n) is 22.5. The summed E-state index contributed by atoms with van der Waals surface area (Å²) < 4.78 is 13.9. The Labute approximate surface area is 352 Å². The van der Waals surface area contributed by atoms with Crippen molar-refractivity contribution in [2.24, 2.45) is 4.99 Å². The molecule has 6 heterocycles. The number of aromatic nitrogens is 2. The number of anilines is 1. The van der Waals surface area contributed by atoms with Crippen LogP contribution in [0.3, 0.4) is 0 Å². The van der Waals surface area contributed by atoms with Crippen LogP contribution in [0.1, 0.15) is 25.7 Å². The predicted molar refractivity (Wildman–Crippen MR) is 237 cm³/mol. The predicted octanol–water partition coefficient (Wildman–Crippen LogP) is 0.395. The molecule has 16 heteroatoms. The maximum Gasteiger partial charge on any atom is 0.263 e. The molecule has 0 saturated carbocycles. The Morgan fingerprint density at radius 1 is 0.583 bits per heavy atom. The number of piperazine rings is 2. The number of likely N-dealkylation sites (N-methyl/N-ethyl adjacent to an activating group) is 2. The van der Waals surface area contributed by atoms with E-state index in [-0.39, 0.29) is 29.1 Å². The zero-order chi connectivity index (χ0) is 41.6. The van der Waals surface area contributed by atoms with E-state index in [0.717, 1.165) is 118 Å². The molecule has 0 spiro atoms. The van der Waals surface area contributed by atoms with Gasteiger partial charge in [0.1, 0.15) is 0 Å². The van der Waals surface area contributed by atoms with Crippen LogP contribution in [0.2, 0.25) is 0 Å². The van der Waals surface area contributed by atoms with Gasteiger partial charge in [-0.25, -0.2) is 0 Å². The van der Waals surface area contributed by atoms with Crippen LogP contribution in [0.25, 0.3) is 32.7 Å². The lowest BCUT2D eigenvalue weighted by molar-refractivity contribution is 0.0368. The molecule has 1 aromatic heterocycles. The van der Waals surface area contributed by atoms with Gasteiger partial charge in [-0.1, -0.05) is 0 Å². The highest BCUT2D eigenvalue weighted by Crippen LogP contribution is 2.40. The Bertz CT molecular complexity index is 2240. The highest BCUT2D eigenvalue weighted by Gasteiger charge is 2.29. The highest BCUT2D eigenvalue weighted by atomic mass is 16.5. The van der Waals surface area contributed by atoms with Gasteiger partial charge in [0.2, 0.25) is 5.88 Å². The molecule has 6 aliphatic rings. The number of hydrogen-bond acceptors (Lipinski definition) is 14. The van der Waals surface area contributed by atoms with Crippen LogP contribution in [-0.4, -0.2) is 202 Å². The molecule has 16 nitrogen and oxygen atoms in total. The van der Waals surface area contributed by atoms with Gasteiger partial charge in [-0.2, -0.15) is 0 Å². The lowest BCUT2D eigenvalue weighted by Gasteiger charge is -2.32. The summed E-state index contributed by atoms with van der Waals surface area (Å²) in [6, 6.07) is 3.58. The van der Waals surface area contributed by atoms with E-state index in [1.807, 2.05) is 0 Å². The lowest BCUT2D eigenvalue weighted by atomic mass is 9.89. The zero-order valence-corrected chi connectivity index (χ0v) is 36.0. The van der Waals surface area contributed by atoms with Gasteiger partial charge in [0.25, 0.3) is 16.7 Å². The first kappa shape index (κ1) is 42.9. The molecule has 60 heavy (non-hydrogen) atoms. The Morgan fingerprint density at radius 3 is 1.72 bits per heavy atom. The van der Waals surface area contributed by atoms with Crippen molar-refractivity contribution in [2.75, 3.05) is 164 Å². The smallest absolute Gasteiger partial charge is 0.263 e. The van der Waals surface area contributed by atoms with Gasteiger partial charge < -0.3 is 39.5 Å². The monoisotopic (exact) mass is 831 g/mol. The number of pyridine rings is 2. The van der Waals surface area contributed by atoms with Crippen LogP contribution in [-0.2, 0) is 22.6 Å². The van der Waals surface area contributed by atoms with Crippen molar-refractivity contribution >= 4 is 27.2 Å². The van der Waals surface area contributed by atoms with Crippen LogP contribution in [0.5, 0.6) is 5.88 Å². The number of benzene rings is 2. The van der Waals surface area contributed by atoms with E-state index >= 15 is 0 Å². The minimum atomic E-state index is -0.382. The number of ether oxygens (including phenoxy) is 2. The topological polar surface area (TPSA) is 144 Å². The van der Waals surface area contributed by atoms with E-state index < -0.39 is 0 Å². The van der Waals surface area contributed by atoms with Crippen molar-refractivity contribution in [1.82, 2.24) is 38.5 Å². The van der Waals surface area contributed by atoms with Crippen LogP contribution in [0.4, 0.5) is 5.69 Å². The normalized spacial score (nSPS) is 20.4. The summed E-state index contributed by atoms with van der Waals surface area (Å²) >= 11 is 0. The maximum atomic E-state index is 14.8. The molecule has 5 aliphatic heterocycles. The molecule has 2 N–H and O–H groups in total. The van der Waals surface area contributed by atoms with E-state index in [2.05, 4.69) is 48.8 Å². The van der Waals surface area contributed by atoms with Gasteiger partial charge in [-0.05, 0) is 65.0 Å². The first-order chi connectivity index (χ1) is 29.3. The van der Waals surface area contributed by atoms with E-state index in [4.69, 9.17) is 14.5 Å². The second-order valence-electron chi connectivity index (χ2n) is 17.4. The SMILES string of the molecule is CN1CCN(CCCN=c2cc3c(=O)n(CCCN4CCOCC4)c(=O)c4c(NCCCN5CCN(C)CC5)cc5c(=O)n(CCCN6CCOCC6)c(O)c2c5c4-3)CC1. The van der Waals surface area contributed by atoms with Gasteiger partial charge in [-0.15, -0.1) is 0 Å². The third-order valence-electron chi connectivity index (χ3n) is 13.3. The first-order valence-corrected chi connectivity index (χ1v) is 22.5. The molecule has 4 saturated heterocycles. The van der Waals surface area contributed by atoms with Crippen molar-refractivity contribution < 1.29 is 14.6 Å². The van der Waals surface area contributed by atoms with Crippen molar-refractivity contribution in [3.63, 3.8) is 0 Å². The summed E-state index contributed by atoms with van der Waals surface area (Å²) in [6.45, 7) is 19.3. The molecule has 4 fully saturated rings. The van der Waals surface area contributed by atoms with Gasteiger partial charge in [-0.3, -0.25) is 38.3 Å². The fourth-order valence-corrected chi connectivity index (χ4v) is 9.55. The number of nitrogens with zero attached hydrogens (tertiary/aromatic N) is 9. The maximum absolute atomic E-state index is 14.8. The number of hydrogen-bond donors (Lipinski definition) is 2. The summed E-state index contributed by atoms with van der Waals surface area (Å²) in [7, 11) is 4.30.